The summed E-state index contributed by atoms with van der Waals surface area (Å²) in [6.07, 6.45) is 2.26. The van der Waals surface area contributed by atoms with Gasteiger partial charge in [0.1, 0.15) is 0 Å². The van der Waals surface area contributed by atoms with Gasteiger partial charge < -0.3 is 15.1 Å². The van der Waals surface area contributed by atoms with E-state index in [4.69, 9.17) is 0 Å². The van der Waals surface area contributed by atoms with E-state index >= 15 is 0 Å². The molecule has 7 nitrogen and oxygen atoms in total. The van der Waals surface area contributed by atoms with Gasteiger partial charge in [0.05, 0.1) is 4.90 Å². The third-order valence-electron chi connectivity index (χ3n) is 4.67. The summed E-state index contributed by atoms with van der Waals surface area (Å²) < 4.78 is 28.0. The average molecular weight is 397 g/mol. The van der Waals surface area contributed by atoms with Crippen LogP contribution in [0, 0.1) is 0 Å². The third kappa shape index (κ3) is 6.00. The molecule has 0 saturated heterocycles. The van der Waals surface area contributed by atoms with Gasteiger partial charge in [0, 0.05) is 25.2 Å². The van der Waals surface area contributed by atoms with Gasteiger partial charge in [-0.3, -0.25) is 4.79 Å². The first-order valence-electron chi connectivity index (χ1n) is 9.42. The van der Waals surface area contributed by atoms with Crippen molar-refractivity contribution < 1.29 is 13.2 Å². The van der Waals surface area contributed by atoms with Crippen LogP contribution in [0.4, 0.5) is 0 Å². The van der Waals surface area contributed by atoms with E-state index in [9.17, 15) is 13.2 Å². The maximum absolute atomic E-state index is 13.2. The summed E-state index contributed by atoms with van der Waals surface area (Å²) in [6, 6.07) is 4.94. The number of hydrogen-bond donors (Lipinski definition) is 1. The molecule has 0 aromatic heterocycles. The van der Waals surface area contributed by atoms with Crippen molar-refractivity contribution in [3.8, 4) is 0 Å². The van der Waals surface area contributed by atoms with E-state index in [1.54, 1.807) is 16.4 Å². The van der Waals surface area contributed by atoms with Crippen molar-refractivity contribution in [2.45, 2.75) is 24.2 Å². The SMILES string of the molecule is CN(C)CCCN(CCCN(C)C)S(=O)(=O)c1ccc2c(c1)C(=O)NCC2. The highest BCUT2D eigenvalue weighted by atomic mass is 32.2. The van der Waals surface area contributed by atoms with Gasteiger partial charge >= 0.3 is 0 Å². The van der Waals surface area contributed by atoms with E-state index in [1.807, 2.05) is 38.0 Å². The average Bonchev–Trinajstić information content (AvgIpc) is 2.60. The first-order valence-corrected chi connectivity index (χ1v) is 10.9. The minimum Gasteiger partial charge on any atom is -0.352 e. The monoisotopic (exact) mass is 396 g/mol. The molecule has 1 amide bonds. The molecule has 0 spiro atoms. The number of benzene rings is 1. The molecular weight excluding hydrogens is 364 g/mol. The van der Waals surface area contributed by atoms with Gasteiger partial charge in [0.15, 0.2) is 0 Å². The highest BCUT2D eigenvalue weighted by molar-refractivity contribution is 7.89. The molecule has 8 heteroatoms. The zero-order chi connectivity index (χ0) is 20.0. The number of hydrogen-bond acceptors (Lipinski definition) is 5. The molecule has 152 valence electrons. The van der Waals surface area contributed by atoms with Crippen LogP contribution in [-0.4, -0.2) is 89.3 Å². The Morgan fingerprint density at radius 2 is 1.56 bits per heavy atom. The van der Waals surface area contributed by atoms with Gasteiger partial charge in [0.2, 0.25) is 10.0 Å². The molecule has 27 heavy (non-hydrogen) atoms. The van der Waals surface area contributed by atoms with Crippen LogP contribution in [0.3, 0.4) is 0 Å². The van der Waals surface area contributed by atoms with E-state index < -0.39 is 10.0 Å². The molecular formula is C19H32N4O3S. The summed E-state index contributed by atoms with van der Waals surface area (Å²) in [5, 5.41) is 2.78. The van der Waals surface area contributed by atoms with Crippen molar-refractivity contribution in [2.24, 2.45) is 0 Å². The van der Waals surface area contributed by atoms with Crippen molar-refractivity contribution in [3.63, 3.8) is 0 Å². The number of nitrogens with one attached hydrogen (secondary N) is 1. The first-order chi connectivity index (χ1) is 12.7. The molecule has 0 saturated carbocycles. The molecule has 1 N–H and O–H groups in total. The molecule has 0 fully saturated rings. The maximum Gasteiger partial charge on any atom is 0.251 e. The zero-order valence-electron chi connectivity index (χ0n) is 16.9. The Balaban J connectivity index is 2.22. The quantitative estimate of drug-likeness (QED) is 0.635. The van der Waals surface area contributed by atoms with Crippen LogP contribution < -0.4 is 5.32 Å². The summed E-state index contributed by atoms with van der Waals surface area (Å²) in [5.74, 6) is -0.194. The van der Waals surface area contributed by atoms with Crippen LogP contribution in [0.5, 0.6) is 0 Å². The molecule has 0 radical (unpaired) electrons. The second-order valence-corrected chi connectivity index (χ2v) is 9.48. The Morgan fingerprint density at radius 1 is 0.963 bits per heavy atom. The lowest BCUT2D eigenvalue weighted by Gasteiger charge is -2.25. The van der Waals surface area contributed by atoms with E-state index in [1.165, 1.54) is 6.07 Å². The normalized spacial score (nSPS) is 14.7. The maximum atomic E-state index is 13.2. The molecule has 1 aliphatic heterocycles. The Kier molecular flexibility index (Phi) is 7.79. The summed E-state index contributed by atoms with van der Waals surface area (Å²) >= 11 is 0. The Bertz CT molecular complexity index is 733. The van der Waals surface area contributed by atoms with E-state index in [2.05, 4.69) is 5.32 Å². The smallest absolute Gasteiger partial charge is 0.251 e. The van der Waals surface area contributed by atoms with Crippen LogP contribution in [0.1, 0.15) is 28.8 Å². The second kappa shape index (κ2) is 9.64. The van der Waals surface area contributed by atoms with Gasteiger partial charge in [-0.2, -0.15) is 4.31 Å². The van der Waals surface area contributed by atoms with Gasteiger partial charge in [-0.15, -0.1) is 0 Å². The van der Waals surface area contributed by atoms with Crippen LogP contribution >= 0.6 is 0 Å². The summed E-state index contributed by atoms with van der Waals surface area (Å²) in [5.41, 5.74) is 1.38. The fraction of sp³-hybridized carbons (Fsp3) is 0.632. The second-order valence-electron chi connectivity index (χ2n) is 7.54. The largest absolute Gasteiger partial charge is 0.352 e. The van der Waals surface area contributed by atoms with Crippen molar-refractivity contribution in [2.75, 3.05) is 60.9 Å². The lowest BCUT2D eigenvalue weighted by molar-refractivity contribution is 0.0945. The van der Waals surface area contributed by atoms with Gasteiger partial charge in [-0.25, -0.2) is 8.42 Å². The number of nitrogens with zero attached hydrogens (tertiary/aromatic N) is 3. The number of rotatable bonds is 10. The van der Waals surface area contributed by atoms with E-state index in [-0.39, 0.29) is 10.8 Å². The molecule has 0 atom stereocenters. The zero-order valence-corrected chi connectivity index (χ0v) is 17.7. The Morgan fingerprint density at radius 3 is 2.11 bits per heavy atom. The van der Waals surface area contributed by atoms with E-state index in [0.29, 0.717) is 25.2 Å². The van der Waals surface area contributed by atoms with Crippen LogP contribution in [-0.2, 0) is 16.4 Å². The predicted octanol–water partition coefficient (Wildman–Crippen LogP) is 0.867. The molecule has 0 unspecified atom stereocenters. The molecule has 0 aliphatic carbocycles. The summed E-state index contributed by atoms with van der Waals surface area (Å²) in [4.78, 5) is 16.4. The molecule has 2 rings (SSSR count). The summed E-state index contributed by atoms with van der Waals surface area (Å²) in [6.45, 7) is 3.19. The molecule has 1 aliphatic rings. The van der Waals surface area contributed by atoms with Gasteiger partial charge in [-0.05, 0) is 78.2 Å². The minimum atomic E-state index is -3.64. The number of fused-ring (bicyclic) bond motifs is 1. The van der Waals surface area contributed by atoms with Crippen LogP contribution in [0.15, 0.2) is 23.1 Å². The van der Waals surface area contributed by atoms with Gasteiger partial charge in [-0.1, -0.05) is 6.07 Å². The van der Waals surface area contributed by atoms with Crippen molar-refractivity contribution >= 4 is 15.9 Å². The standard InChI is InChI=1S/C19H32N4O3S/c1-21(2)11-5-13-23(14-6-12-22(3)4)27(25,26)17-8-7-16-9-10-20-19(24)18(16)15-17/h7-8,15H,5-6,9-14H2,1-4H3,(H,20,24). The Hall–Kier alpha value is -1.48. The van der Waals surface area contributed by atoms with Crippen LogP contribution in [0.2, 0.25) is 0 Å². The van der Waals surface area contributed by atoms with Gasteiger partial charge in [0.25, 0.3) is 5.91 Å². The number of carbonyl (C=O) groups excluding carboxylic acids is 1. The topological polar surface area (TPSA) is 73.0 Å². The first kappa shape index (κ1) is 21.8. The molecule has 0 bridgehead atoms. The van der Waals surface area contributed by atoms with Crippen molar-refractivity contribution in [1.29, 1.82) is 0 Å². The Labute approximate surface area is 163 Å². The molecule has 1 heterocycles. The summed E-state index contributed by atoms with van der Waals surface area (Å²) in [7, 11) is 4.28. The number of carbonyl (C=O) groups is 1. The fourth-order valence-electron chi connectivity index (χ4n) is 3.18. The minimum absolute atomic E-state index is 0.194. The van der Waals surface area contributed by atoms with E-state index in [0.717, 1.165) is 37.9 Å². The lowest BCUT2D eigenvalue weighted by atomic mass is 10.0. The highest BCUT2D eigenvalue weighted by Crippen LogP contribution is 2.22. The third-order valence-corrected chi connectivity index (χ3v) is 6.56. The van der Waals surface area contributed by atoms with Crippen molar-refractivity contribution in [1.82, 2.24) is 19.4 Å². The molecule has 1 aromatic rings. The lowest BCUT2D eigenvalue weighted by Crippen LogP contribution is -2.36. The molecule has 1 aromatic carbocycles. The van der Waals surface area contributed by atoms with Crippen LogP contribution in [0.25, 0.3) is 0 Å². The van der Waals surface area contributed by atoms with Crippen molar-refractivity contribution in [3.05, 3.63) is 29.3 Å². The highest BCUT2D eigenvalue weighted by Gasteiger charge is 2.26. The predicted molar refractivity (Wildman–Crippen MR) is 108 cm³/mol. The number of amides is 1. The fourth-order valence-corrected chi connectivity index (χ4v) is 4.72. The number of sulfonamides is 1.